The minimum absolute atomic E-state index is 0.0515. The highest BCUT2D eigenvalue weighted by Gasteiger charge is 2.30. The fourth-order valence-corrected chi connectivity index (χ4v) is 1.82. The summed E-state index contributed by atoms with van der Waals surface area (Å²) in [5.41, 5.74) is 8.17. The summed E-state index contributed by atoms with van der Waals surface area (Å²) < 4.78 is 0. The van der Waals surface area contributed by atoms with Crippen LogP contribution in [0.15, 0.2) is 52.7 Å². The van der Waals surface area contributed by atoms with Gasteiger partial charge in [-0.05, 0) is 11.6 Å². The number of rotatable bonds is 0. The van der Waals surface area contributed by atoms with Crippen molar-refractivity contribution in [3.63, 3.8) is 0 Å². The number of hydrogen-bond acceptors (Lipinski definition) is 2. The van der Waals surface area contributed by atoms with Crippen LogP contribution in [-0.4, -0.2) is 5.84 Å². The highest BCUT2D eigenvalue weighted by molar-refractivity contribution is 6.00. The van der Waals surface area contributed by atoms with Crippen molar-refractivity contribution < 1.29 is 0 Å². The number of allylic oxidation sites excluding steroid dienone is 6. The number of nitrogens with zero attached hydrogens (tertiary/aromatic N) is 1. The molecule has 2 N–H and O–H groups in total. The van der Waals surface area contributed by atoms with Crippen LogP contribution in [0.5, 0.6) is 0 Å². The first-order chi connectivity index (χ1) is 6.62. The summed E-state index contributed by atoms with van der Waals surface area (Å²) >= 11 is 0. The molecule has 0 unspecified atom stereocenters. The van der Waals surface area contributed by atoms with E-state index in [1.54, 1.807) is 6.20 Å². The van der Waals surface area contributed by atoms with E-state index in [-0.39, 0.29) is 5.41 Å². The molecule has 0 saturated carbocycles. The van der Waals surface area contributed by atoms with Gasteiger partial charge in [-0.25, -0.2) is 4.99 Å². The Bertz CT molecular complexity index is 404. The second kappa shape index (κ2) is 2.98. The van der Waals surface area contributed by atoms with Gasteiger partial charge < -0.3 is 5.73 Å². The third-order valence-electron chi connectivity index (χ3n) is 2.79. The topological polar surface area (TPSA) is 38.4 Å². The molecule has 2 aliphatic rings. The first-order valence-corrected chi connectivity index (χ1v) is 4.72. The summed E-state index contributed by atoms with van der Waals surface area (Å²) in [6, 6.07) is 0. The molecule has 14 heavy (non-hydrogen) atoms. The van der Waals surface area contributed by atoms with E-state index in [2.05, 4.69) is 24.9 Å². The third-order valence-corrected chi connectivity index (χ3v) is 2.79. The Hall–Kier alpha value is -1.57. The van der Waals surface area contributed by atoms with Gasteiger partial charge in [0.05, 0.1) is 0 Å². The van der Waals surface area contributed by atoms with Gasteiger partial charge in [-0.3, -0.25) is 0 Å². The molecule has 2 bridgehead atoms. The Morgan fingerprint density at radius 2 is 1.93 bits per heavy atom. The van der Waals surface area contributed by atoms with Crippen LogP contribution in [0, 0.1) is 5.41 Å². The second-order valence-electron chi connectivity index (χ2n) is 4.04. The monoisotopic (exact) mass is 186 g/mol. The summed E-state index contributed by atoms with van der Waals surface area (Å²) in [6.07, 6.45) is 12.0. The summed E-state index contributed by atoms with van der Waals surface area (Å²) in [5.74, 6) is 0.612. The molecule has 0 radical (unpaired) electrons. The van der Waals surface area contributed by atoms with Crippen LogP contribution >= 0.6 is 0 Å². The highest BCUT2D eigenvalue weighted by Crippen LogP contribution is 2.38. The van der Waals surface area contributed by atoms with Crippen molar-refractivity contribution in [1.82, 2.24) is 0 Å². The van der Waals surface area contributed by atoms with Gasteiger partial charge in [-0.15, -0.1) is 0 Å². The summed E-state index contributed by atoms with van der Waals surface area (Å²) in [4.78, 5) is 4.17. The molecule has 0 amide bonds. The average molecular weight is 186 g/mol. The molecule has 0 aromatic heterocycles. The van der Waals surface area contributed by atoms with Crippen molar-refractivity contribution in [3.8, 4) is 0 Å². The predicted molar refractivity (Wildman–Crippen MR) is 59.8 cm³/mol. The molecular formula is C12H14N2. The fourth-order valence-electron chi connectivity index (χ4n) is 1.82. The molecule has 0 saturated heterocycles. The van der Waals surface area contributed by atoms with Crippen LogP contribution in [0.3, 0.4) is 0 Å². The standard InChI is InChI=1S/C12H14N2/c1-12(2)9-5-3-4-6-10(12)11(13)14-8-7-9/h3-8H,1-2H3,(H2,13,14). The predicted octanol–water partition coefficient (Wildman–Crippen LogP) is 2.32. The molecule has 0 atom stereocenters. The molecule has 2 rings (SSSR count). The van der Waals surface area contributed by atoms with Gasteiger partial charge >= 0.3 is 0 Å². The van der Waals surface area contributed by atoms with Crippen LogP contribution in [-0.2, 0) is 0 Å². The van der Waals surface area contributed by atoms with E-state index in [1.807, 2.05) is 24.3 Å². The Kier molecular flexibility index (Phi) is 1.92. The van der Waals surface area contributed by atoms with Crippen LogP contribution in [0.25, 0.3) is 0 Å². The summed E-state index contributed by atoms with van der Waals surface area (Å²) in [5, 5.41) is 0. The minimum Gasteiger partial charge on any atom is -0.383 e. The zero-order valence-corrected chi connectivity index (χ0v) is 8.49. The lowest BCUT2D eigenvalue weighted by atomic mass is 9.77. The van der Waals surface area contributed by atoms with E-state index in [4.69, 9.17) is 5.73 Å². The number of nitrogens with two attached hydrogens (primary N) is 1. The maximum absolute atomic E-state index is 5.90. The van der Waals surface area contributed by atoms with E-state index in [9.17, 15) is 0 Å². The number of amidine groups is 1. The van der Waals surface area contributed by atoms with Crippen molar-refractivity contribution >= 4 is 5.84 Å². The van der Waals surface area contributed by atoms with Crippen LogP contribution < -0.4 is 5.73 Å². The molecule has 2 heteroatoms. The largest absolute Gasteiger partial charge is 0.383 e. The van der Waals surface area contributed by atoms with Crippen molar-refractivity contribution in [1.29, 1.82) is 0 Å². The average Bonchev–Trinajstić information content (AvgIpc) is 2.32. The fraction of sp³-hybridized carbons (Fsp3) is 0.250. The lowest BCUT2D eigenvalue weighted by Crippen LogP contribution is -2.26. The van der Waals surface area contributed by atoms with Crippen molar-refractivity contribution in [3.05, 3.63) is 47.7 Å². The quantitative estimate of drug-likeness (QED) is 0.619. The maximum Gasteiger partial charge on any atom is 0.127 e. The van der Waals surface area contributed by atoms with E-state index in [1.165, 1.54) is 5.57 Å². The van der Waals surface area contributed by atoms with E-state index < -0.39 is 0 Å². The lowest BCUT2D eigenvalue weighted by Gasteiger charge is -2.27. The summed E-state index contributed by atoms with van der Waals surface area (Å²) in [6.45, 7) is 4.32. The van der Waals surface area contributed by atoms with Gasteiger partial charge in [0.2, 0.25) is 0 Å². The van der Waals surface area contributed by atoms with Gasteiger partial charge in [-0.1, -0.05) is 38.2 Å². The van der Waals surface area contributed by atoms with Crippen LogP contribution in [0.2, 0.25) is 0 Å². The van der Waals surface area contributed by atoms with Gasteiger partial charge in [0.15, 0.2) is 0 Å². The first kappa shape index (κ1) is 9.00. The van der Waals surface area contributed by atoms with Gasteiger partial charge in [0, 0.05) is 17.2 Å². The SMILES string of the molecule is CC1(C)C2=CC=CC=C1C(N)=NC=C2. The molecule has 0 aromatic rings. The van der Waals surface area contributed by atoms with Crippen LogP contribution in [0.1, 0.15) is 13.8 Å². The molecule has 72 valence electrons. The molecule has 0 fully saturated rings. The van der Waals surface area contributed by atoms with Crippen molar-refractivity contribution in [2.24, 2.45) is 16.1 Å². The summed E-state index contributed by atoms with van der Waals surface area (Å²) in [7, 11) is 0. The third kappa shape index (κ3) is 1.23. The molecule has 1 aliphatic carbocycles. The number of hydrogen-bond donors (Lipinski definition) is 1. The molecule has 1 aliphatic heterocycles. The van der Waals surface area contributed by atoms with Crippen molar-refractivity contribution in [2.75, 3.05) is 0 Å². The molecular weight excluding hydrogens is 172 g/mol. The second-order valence-corrected chi connectivity index (χ2v) is 4.04. The Labute approximate surface area is 84.2 Å². The molecule has 0 spiro atoms. The molecule has 2 nitrogen and oxygen atoms in total. The zero-order chi connectivity index (χ0) is 10.2. The van der Waals surface area contributed by atoms with E-state index in [0.717, 1.165) is 5.57 Å². The smallest absolute Gasteiger partial charge is 0.127 e. The zero-order valence-electron chi connectivity index (χ0n) is 8.49. The highest BCUT2D eigenvalue weighted by atomic mass is 14.8. The Balaban J connectivity index is 2.67. The number of aliphatic imine (C=N–C) groups is 1. The lowest BCUT2D eigenvalue weighted by molar-refractivity contribution is 0.576. The normalized spacial score (nSPS) is 23.1. The van der Waals surface area contributed by atoms with Crippen LogP contribution in [0.4, 0.5) is 0 Å². The Morgan fingerprint density at radius 3 is 2.71 bits per heavy atom. The minimum atomic E-state index is -0.0515. The van der Waals surface area contributed by atoms with Gasteiger partial charge in [0.25, 0.3) is 0 Å². The number of fused-ring (bicyclic) bond motifs is 2. The van der Waals surface area contributed by atoms with Gasteiger partial charge in [-0.2, -0.15) is 0 Å². The maximum atomic E-state index is 5.90. The van der Waals surface area contributed by atoms with Gasteiger partial charge in [0.1, 0.15) is 5.84 Å². The van der Waals surface area contributed by atoms with E-state index in [0.29, 0.717) is 5.84 Å². The molecule has 1 heterocycles. The first-order valence-electron chi connectivity index (χ1n) is 4.72. The van der Waals surface area contributed by atoms with E-state index >= 15 is 0 Å². The molecule has 0 aromatic carbocycles. The van der Waals surface area contributed by atoms with Crippen molar-refractivity contribution in [2.45, 2.75) is 13.8 Å². The Morgan fingerprint density at radius 1 is 1.21 bits per heavy atom.